The Balaban J connectivity index is 0.000000223. The van der Waals surface area contributed by atoms with Gasteiger partial charge in [0, 0.05) is 12.6 Å². The summed E-state index contributed by atoms with van der Waals surface area (Å²) in [6, 6.07) is 8.51. The van der Waals surface area contributed by atoms with E-state index < -0.39 is 24.1 Å². The molecule has 2 fully saturated rings. The van der Waals surface area contributed by atoms with Crippen molar-refractivity contribution in [1.82, 2.24) is 10.2 Å². The van der Waals surface area contributed by atoms with E-state index in [2.05, 4.69) is 5.32 Å². The predicted octanol–water partition coefficient (Wildman–Crippen LogP) is 1.61. The largest absolute Gasteiger partial charge is 0.480 e. The Hall–Kier alpha value is -2.65. The lowest BCUT2D eigenvalue weighted by atomic mass is 10.1. The number of carboxylic acids is 2. The minimum absolute atomic E-state index is 0.238. The lowest BCUT2D eigenvalue weighted by Gasteiger charge is -2.16. The molecule has 0 unspecified atom stereocenters. The Bertz CT molecular complexity index is 649. The number of nitrogens with two attached hydrogens (primary N) is 1. The van der Waals surface area contributed by atoms with Gasteiger partial charge in [-0.2, -0.15) is 0 Å². The highest BCUT2D eigenvalue weighted by Crippen LogP contribution is 2.15. The first-order valence-electron chi connectivity index (χ1n) is 9.70. The molecule has 9 heteroatoms. The number of nitrogens with zero attached hydrogens (tertiary/aromatic N) is 1. The quantitative estimate of drug-likeness (QED) is 0.503. The lowest BCUT2D eigenvalue weighted by Crippen LogP contribution is -2.32. The summed E-state index contributed by atoms with van der Waals surface area (Å²) in [6.45, 7) is 3.52. The normalized spacial score (nSPS) is 21.2. The van der Waals surface area contributed by atoms with Crippen LogP contribution in [0, 0.1) is 0 Å². The molecular weight excluding hydrogens is 378 g/mol. The van der Waals surface area contributed by atoms with Crippen molar-refractivity contribution in [3.63, 3.8) is 0 Å². The number of aliphatic carboxylic acids is 2. The maximum absolute atomic E-state index is 10.4. The highest BCUT2D eigenvalue weighted by molar-refractivity contribution is 5.74. The van der Waals surface area contributed by atoms with Gasteiger partial charge in [0.25, 0.3) is 0 Å². The van der Waals surface area contributed by atoms with Crippen LogP contribution >= 0.6 is 0 Å². The Labute approximate surface area is 170 Å². The van der Waals surface area contributed by atoms with Gasteiger partial charge in [0.1, 0.15) is 12.1 Å². The Kier molecular flexibility index (Phi) is 10.7. The minimum atomic E-state index is -0.959. The fourth-order valence-corrected chi connectivity index (χ4v) is 3.07. The molecule has 0 radical (unpaired) electrons. The molecule has 6 N–H and O–H groups in total. The van der Waals surface area contributed by atoms with Crippen molar-refractivity contribution >= 4 is 18.0 Å². The minimum Gasteiger partial charge on any atom is -0.480 e. The smallest absolute Gasteiger partial charge is 0.407 e. The molecule has 1 aromatic carbocycles. The zero-order chi connectivity index (χ0) is 21.8. The van der Waals surface area contributed by atoms with E-state index in [4.69, 9.17) is 21.1 Å². The highest BCUT2D eigenvalue weighted by atomic mass is 16.4. The van der Waals surface area contributed by atoms with Crippen LogP contribution in [0.1, 0.15) is 38.2 Å². The summed E-state index contributed by atoms with van der Waals surface area (Å²) in [5.74, 6) is -1.68. The summed E-state index contributed by atoms with van der Waals surface area (Å²) in [6.07, 6.45) is 3.43. The molecule has 3 rings (SSSR count). The first-order valence-corrected chi connectivity index (χ1v) is 9.70. The summed E-state index contributed by atoms with van der Waals surface area (Å²) in [7, 11) is 0. The van der Waals surface area contributed by atoms with Crippen LogP contribution in [-0.4, -0.2) is 69.5 Å². The second-order valence-corrected chi connectivity index (χ2v) is 7.09. The first kappa shape index (κ1) is 24.4. The molecule has 1 amide bonds. The van der Waals surface area contributed by atoms with Gasteiger partial charge in [0.2, 0.25) is 0 Å². The van der Waals surface area contributed by atoms with E-state index in [9.17, 15) is 14.4 Å². The zero-order valence-electron chi connectivity index (χ0n) is 16.7. The number of carbonyl (C=O) groups is 3. The van der Waals surface area contributed by atoms with Gasteiger partial charge in [-0.05, 0) is 51.1 Å². The molecule has 3 atom stereocenters. The van der Waals surface area contributed by atoms with Crippen LogP contribution in [0.5, 0.6) is 0 Å². The number of nitrogens with one attached hydrogen (secondary N) is 1. The van der Waals surface area contributed by atoms with Crippen LogP contribution < -0.4 is 11.1 Å². The van der Waals surface area contributed by atoms with E-state index in [0.29, 0.717) is 6.42 Å². The predicted molar refractivity (Wildman–Crippen MR) is 108 cm³/mol. The maximum atomic E-state index is 10.4. The fourth-order valence-electron chi connectivity index (χ4n) is 3.07. The molecule has 0 aliphatic carbocycles. The van der Waals surface area contributed by atoms with Crippen molar-refractivity contribution in [3.8, 4) is 0 Å². The van der Waals surface area contributed by atoms with E-state index in [1.165, 1.54) is 4.90 Å². The fraction of sp³-hybridized carbons (Fsp3) is 0.550. The molecule has 2 aliphatic rings. The Morgan fingerprint density at radius 2 is 1.79 bits per heavy atom. The van der Waals surface area contributed by atoms with Crippen molar-refractivity contribution in [1.29, 1.82) is 0 Å². The number of carboxylic acid groups (broad SMARTS) is 3. The molecule has 2 saturated heterocycles. The van der Waals surface area contributed by atoms with Gasteiger partial charge < -0.3 is 31.3 Å². The molecule has 1 aromatic rings. The van der Waals surface area contributed by atoms with Crippen LogP contribution in [0.15, 0.2) is 30.3 Å². The van der Waals surface area contributed by atoms with E-state index in [-0.39, 0.29) is 12.1 Å². The van der Waals surface area contributed by atoms with Crippen LogP contribution in [0.4, 0.5) is 4.79 Å². The number of likely N-dealkylation sites (tertiary alicyclic amines) is 1. The third-order valence-corrected chi connectivity index (χ3v) is 4.77. The van der Waals surface area contributed by atoms with Gasteiger partial charge in [-0.3, -0.25) is 9.59 Å². The van der Waals surface area contributed by atoms with Gasteiger partial charge in [0.05, 0.1) is 0 Å². The van der Waals surface area contributed by atoms with E-state index in [1.54, 1.807) is 0 Å². The van der Waals surface area contributed by atoms with Crippen molar-refractivity contribution < 1.29 is 29.7 Å². The molecule has 29 heavy (non-hydrogen) atoms. The van der Waals surface area contributed by atoms with Gasteiger partial charge in [0.15, 0.2) is 0 Å². The van der Waals surface area contributed by atoms with E-state index in [1.807, 2.05) is 37.3 Å². The topological polar surface area (TPSA) is 153 Å². The third kappa shape index (κ3) is 9.40. The van der Waals surface area contributed by atoms with Crippen LogP contribution in [0.2, 0.25) is 0 Å². The molecule has 2 aliphatic heterocycles. The van der Waals surface area contributed by atoms with Gasteiger partial charge in [-0.25, -0.2) is 4.79 Å². The monoisotopic (exact) mass is 409 g/mol. The second kappa shape index (κ2) is 12.7. The van der Waals surface area contributed by atoms with E-state index >= 15 is 0 Å². The molecule has 9 nitrogen and oxygen atoms in total. The van der Waals surface area contributed by atoms with Crippen LogP contribution in [0.25, 0.3) is 0 Å². The average Bonchev–Trinajstić information content (AvgIpc) is 3.35. The second-order valence-electron chi connectivity index (χ2n) is 7.09. The SMILES string of the molecule is C[C@@H]1CCCN1C(=O)O.N[C@@H](Cc1ccccc1)C(=O)O.O=C(O)[C@@H]1CCCN1. The molecule has 0 bridgehead atoms. The number of benzene rings is 1. The molecule has 0 aromatic heterocycles. The van der Waals surface area contributed by atoms with Gasteiger partial charge >= 0.3 is 18.0 Å². The average molecular weight is 409 g/mol. The summed E-state index contributed by atoms with van der Waals surface area (Å²) in [5, 5.41) is 28.2. The molecule has 0 spiro atoms. The molecular formula is C20H31N3O6. The van der Waals surface area contributed by atoms with Crippen molar-refractivity contribution in [2.24, 2.45) is 5.73 Å². The van der Waals surface area contributed by atoms with Gasteiger partial charge in [-0.1, -0.05) is 30.3 Å². The summed E-state index contributed by atoms with van der Waals surface area (Å²) >= 11 is 0. The summed E-state index contributed by atoms with van der Waals surface area (Å²) < 4.78 is 0. The lowest BCUT2D eigenvalue weighted by molar-refractivity contribution is -0.139. The van der Waals surface area contributed by atoms with Crippen LogP contribution in [0.3, 0.4) is 0 Å². The van der Waals surface area contributed by atoms with Gasteiger partial charge in [-0.15, -0.1) is 0 Å². The number of rotatable bonds is 4. The standard InChI is InChI=1S/C9H11NO2.C6H11NO2.C5H9NO2/c10-8(9(11)12)6-7-4-2-1-3-5-7;1-5-3-2-4-7(5)6(8)9;7-5(8)4-2-1-3-6-4/h1-5,8H,6,10H2,(H,11,12);5H,2-4H2,1H3,(H,8,9);4,6H,1-3H2,(H,7,8)/t8-;5-;4-/m010/s1. The Morgan fingerprint density at radius 3 is 2.14 bits per heavy atom. The van der Waals surface area contributed by atoms with Crippen molar-refractivity contribution in [2.75, 3.05) is 13.1 Å². The highest BCUT2D eigenvalue weighted by Gasteiger charge is 2.23. The number of hydrogen-bond acceptors (Lipinski definition) is 5. The maximum Gasteiger partial charge on any atom is 0.407 e. The van der Waals surface area contributed by atoms with Crippen LogP contribution in [-0.2, 0) is 16.0 Å². The summed E-state index contributed by atoms with van der Waals surface area (Å²) in [4.78, 5) is 32.3. The van der Waals surface area contributed by atoms with Crippen molar-refractivity contribution in [3.05, 3.63) is 35.9 Å². The summed E-state index contributed by atoms with van der Waals surface area (Å²) in [5.41, 5.74) is 6.30. The third-order valence-electron chi connectivity index (χ3n) is 4.77. The zero-order valence-corrected chi connectivity index (χ0v) is 16.7. The Morgan fingerprint density at radius 1 is 1.14 bits per heavy atom. The number of hydrogen-bond donors (Lipinski definition) is 5. The van der Waals surface area contributed by atoms with E-state index in [0.717, 1.165) is 44.3 Å². The molecule has 0 saturated carbocycles. The molecule has 2 heterocycles. The van der Waals surface area contributed by atoms with Crippen molar-refractivity contribution in [2.45, 2.75) is 57.2 Å². The first-order chi connectivity index (χ1) is 13.7. The molecule has 162 valence electrons. The number of amides is 1.